The van der Waals surface area contributed by atoms with Gasteiger partial charge in [-0.2, -0.15) is 0 Å². The van der Waals surface area contributed by atoms with Crippen LogP contribution >= 0.6 is 0 Å². The fraction of sp³-hybridized carbons (Fsp3) is 0.400. The van der Waals surface area contributed by atoms with Crippen LogP contribution in [0.4, 0.5) is 0 Å². The first kappa shape index (κ1) is 9.71. The Kier molecular flexibility index (Phi) is 3.01. The topological polar surface area (TPSA) is 50.2 Å². The predicted molar refractivity (Wildman–Crippen MR) is 49.5 cm³/mol. The summed E-state index contributed by atoms with van der Waals surface area (Å²) in [6.07, 6.45) is 3.24. The number of rotatable bonds is 3. The zero-order valence-electron chi connectivity index (χ0n) is 7.77. The quantitative estimate of drug-likeness (QED) is 0.771. The Labute approximate surface area is 77.4 Å². The van der Waals surface area contributed by atoms with Gasteiger partial charge in [0.1, 0.15) is 0 Å². The summed E-state index contributed by atoms with van der Waals surface area (Å²) in [4.78, 5) is 14.8. The molecule has 0 fully saturated rings. The van der Waals surface area contributed by atoms with Gasteiger partial charge < -0.3 is 5.11 Å². The van der Waals surface area contributed by atoms with E-state index in [0.29, 0.717) is 0 Å². The van der Waals surface area contributed by atoms with Crippen LogP contribution in [0.15, 0.2) is 24.5 Å². The largest absolute Gasteiger partial charge is 0.481 e. The molecule has 0 spiro atoms. The molecular formula is C10H13NO2. The third-order valence-corrected chi connectivity index (χ3v) is 2.00. The third-order valence-electron chi connectivity index (χ3n) is 2.00. The van der Waals surface area contributed by atoms with Gasteiger partial charge in [-0.1, -0.05) is 13.8 Å². The van der Waals surface area contributed by atoms with Gasteiger partial charge in [-0.3, -0.25) is 9.78 Å². The Morgan fingerprint density at radius 2 is 1.92 bits per heavy atom. The maximum absolute atomic E-state index is 10.9. The summed E-state index contributed by atoms with van der Waals surface area (Å²) in [5.74, 6) is -1.11. The molecule has 0 unspecified atom stereocenters. The van der Waals surface area contributed by atoms with Crippen molar-refractivity contribution in [3.63, 3.8) is 0 Å². The molecule has 0 amide bonds. The highest BCUT2D eigenvalue weighted by atomic mass is 16.4. The van der Waals surface area contributed by atoms with E-state index < -0.39 is 11.9 Å². The Morgan fingerprint density at radius 3 is 2.31 bits per heavy atom. The van der Waals surface area contributed by atoms with Gasteiger partial charge in [-0.05, 0) is 23.6 Å². The second kappa shape index (κ2) is 4.03. The normalized spacial score (nSPS) is 12.8. The van der Waals surface area contributed by atoms with Crippen molar-refractivity contribution < 1.29 is 9.90 Å². The monoisotopic (exact) mass is 179 g/mol. The molecular weight excluding hydrogens is 166 g/mol. The highest BCUT2D eigenvalue weighted by molar-refractivity contribution is 5.76. The smallest absolute Gasteiger partial charge is 0.311 e. The first-order chi connectivity index (χ1) is 6.13. The first-order valence-electron chi connectivity index (χ1n) is 4.25. The molecule has 3 heteroatoms. The summed E-state index contributed by atoms with van der Waals surface area (Å²) in [6, 6.07) is 3.50. The highest BCUT2D eigenvalue weighted by Crippen LogP contribution is 2.23. The molecule has 1 aromatic rings. The highest BCUT2D eigenvalue weighted by Gasteiger charge is 2.22. The summed E-state index contributed by atoms with van der Waals surface area (Å²) in [5.41, 5.74) is 0.817. The molecule has 0 aliphatic heterocycles. The van der Waals surface area contributed by atoms with Crippen molar-refractivity contribution in [1.29, 1.82) is 0 Å². The second-order valence-electron chi connectivity index (χ2n) is 3.34. The van der Waals surface area contributed by atoms with Crippen molar-refractivity contribution in [2.75, 3.05) is 0 Å². The average Bonchev–Trinajstić information content (AvgIpc) is 2.04. The van der Waals surface area contributed by atoms with Gasteiger partial charge in [0.25, 0.3) is 0 Å². The number of pyridine rings is 1. The van der Waals surface area contributed by atoms with Crippen molar-refractivity contribution in [3.05, 3.63) is 30.1 Å². The van der Waals surface area contributed by atoms with Crippen molar-refractivity contribution in [2.45, 2.75) is 19.8 Å². The van der Waals surface area contributed by atoms with Crippen LogP contribution in [0.5, 0.6) is 0 Å². The van der Waals surface area contributed by atoms with Gasteiger partial charge >= 0.3 is 5.97 Å². The molecule has 1 atom stereocenters. The molecule has 0 aliphatic carbocycles. The zero-order chi connectivity index (χ0) is 9.84. The lowest BCUT2D eigenvalue weighted by atomic mass is 9.89. The maximum atomic E-state index is 10.9. The minimum absolute atomic E-state index is 0.0971. The lowest BCUT2D eigenvalue weighted by Crippen LogP contribution is -2.17. The summed E-state index contributed by atoms with van der Waals surface area (Å²) in [7, 11) is 0. The average molecular weight is 179 g/mol. The number of carboxylic acid groups (broad SMARTS) is 1. The Hall–Kier alpha value is -1.38. The van der Waals surface area contributed by atoms with Gasteiger partial charge in [0.2, 0.25) is 0 Å². The van der Waals surface area contributed by atoms with Crippen LogP contribution in [0.2, 0.25) is 0 Å². The van der Waals surface area contributed by atoms with Crippen LogP contribution in [0.1, 0.15) is 25.3 Å². The van der Waals surface area contributed by atoms with Gasteiger partial charge in [-0.15, -0.1) is 0 Å². The second-order valence-corrected chi connectivity index (χ2v) is 3.34. The Balaban J connectivity index is 2.96. The molecule has 13 heavy (non-hydrogen) atoms. The van der Waals surface area contributed by atoms with E-state index in [1.165, 1.54) is 0 Å². The first-order valence-corrected chi connectivity index (χ1v) is 4.25. The summed E-state index contributed by atoms with van der Waals surface area (Å²) in [5, 5.41) is 8.98. The lowest BCUT2D eigenvalue weighted by Gasteiger charge is -2.15. The van der Waals surface area contributed by atoms with E-state index in [0.717, 1.165) is 5.56 Å². The van der Waals surface area contributed by atoms with E-state index in [4.69, 9.17) is 5.11 Å². The van der Waals surface area contributed by atoms with Crippen molar-refractivity contribution >= 4 is 5.97 Å². The van der Waals surface area contributed by atoms with E-state index in [9.17, 15) is 4.79 Å². The Morgan fingerprint density at radius 1 is 1.38 bits per heavy atom. The molecule has 0 radical (unpaired) electrons. The molecule has 1 rings (SSSR count). The van der Waals surface area contributed by atoms with Crippen LogP contribution in [-0.2, 0) is 4.79 Å². The number of aliphatic carboxylic acids is 1. The van der Waals surface area contributed by atoms with Crippen molar-refractivity contribution in [3.8, 4) is 0 Å². The van der Waals surface area contributed by atoms with Crippen LogP contribution in [0.3, 0.4) is 0 Å². The molecule has 1 aromatic heterocycles. The SMILES string of the molecule is CC(C)[C@H](C(=O)O)c1ccncc1. The number of hydrogen-bond acceptors (Lipinski definition) is 2. The van der Waals surface area contributed by atoms with Crippen molar-refractivity contribution in [2.24, 2.45) is 5.92 Å². The van der Waals surface area contributed by atoms with Gasteiger partial charge in [-0.25, -0.2) is 0 Å². The van der Waals surface area contributed by atoms with Crippen LogP contribution in [0.25, 0.3) is 0 Å². The van der Waals surface area contributed by atoms with E-state index in [1.807, 2.05) is 13.8 Å². The zero-order valence-corrected chi connectivity index (χ0v) is 7.77. The molecule has 1 N–H and O–H groups in total. The molecule has 70 valence electrons. The van der Waals surface area contributed by atoms with Crippen LogP contribution in [0, 0.1) is 5.92 Å². The van der Waals surface area contributed by atoms with E-state index in [1.54, 1.807) is 24.5 Å². The van der Waals surface area contributed by atoms with Crippen LogP contribution in [-0.4, -0.2) is 16.1 Å². The number of carbonyl (C=O) groups is 1. The maximum Gasteiger partial charge on any atom is 0.311 e. The standard InChI is InChI=1S/C10H13NO2/c1-7(2)9(10(12)13)8-3-5-11-6-4-8/h3-7,9H,1-2H3,(H,12,13)/t9-/m0/s1. The molecule has 0 saturated heterocycles. The Bertz CT molecular complexity index is 282. The van der Waals surface area contributed by atoms with Crippen LogP contribution < -0.4 is 0 Å². The molecule has 0 bridgehead atoms. The summed E-state index contributed by atoms with van der Waals surface area (Å²) >= 11 is 0. The number of carboxylic acids is 1. The minimum Gasteiger partial charge on any atom is -0.481 e. The summed E-state index contributed by atoms with van der Waals surface area (Å²) in [6.45, 7) is 3.80. The van der Waals surface area contributed by atoms with Gasteiger partial charge in [0.05, 0.1) is 5.92 Å². The number of aromatic nitrogens is 1. The van der Waals surface area contributed by atoms with E-state index in [-0.39, 0.29) is 5.92 Å². The molecule has 0 aromatic carbocycles. The van der Waals surface area contributed by atoms with E-state index in [2.05, 4.69) is 4.98 Å². The molecule has 1 heterocycles. The fourth-order valence-corrected chi connectivity index (χ4v) is 1.38. The number of nitrogens with zero attached hydrogens (tertiary/aromatic N) is 1. The molecule has 3 nitrogen and oxygen atoms in total. The third kappa shape index (κ3) is 2.28. The fourth-order valence-electron chi connectivity index (χ4n) is 1.38. The molecule has 0 aliphatic rings. The number of hydrogen-bond donors (Lipinski definition) is 1. The summed E-state index contributed by atoms with van der Waals surface area (Å²) < 4.78 is 0. The lowest BCUT2D eigenvalue weighted by molar-refractivity contribution is -0.139. The van der Waals surface area contributed by atoms with Gasteiger partial charge in [0, 0.05) is 12.4 Å². The van der Waals surface area contributed by atoms with Crippen molar-refractivity contribution in [1.82, 2.24) is 4.98 Å². The van der Waals surface area contributed by atoms with Gasteiger partial charge in [0.15, 0.2) is 0 Å². The van der Waals surface area contributed by atoms with E-state index >= 15 is 0 Å². The minimum atomic E-state index is -0.777. The predicted octanol–water partition coefficient (Wildman–Crippen LogP) is 1.91. The molecule has 0 saturated carbocycles.